The van der Waals surface area contributed by atoms with Crippen LogP contribution in [0.25, 0.3) is 22.3 Å². The average Bonchev–Trinajstić information content (AvgIpc) is 3.63. The number of likely N-dealkylation sites (tertiary alicyclic amines) is 2. The highest BCUT2D eigenvalue weighted by atomic mass is 16.5. The molecule has 1 spiro atoms. The number of hydrogen-bond acceptors (Lipinski definition) is 6. The van der Waals surface area contributed by atoms with Gasteiger partial charge in [-0.1, -0.05) is 58.6 Å². The molecule has 11 nitrogen and oxygen atoms in total. The van der Waals surface area contributed by atoms with Crippen LogP contribution in [0.15, 0.2) is 48.7 Å². The van der Waals surface area contributed by atoms with Crippen molar-refractivity contribution in [1.82, 2.24) is 35.1 Å². The maximum Gasteiger partial charge on any atom is 0.407 e. The second-order valence-electron chi connectivity index (χ2n) is 15.6. The van der Waals surface area contributed by atoms with Gasteiger partial charge >= 0.3 is 6.09 Å². The summed E-state index contributed by atoms with van der Waals surface area (Å²) < 4.78 is 4.75. The Labute approximate surface area is 305 Å². The van der Waals surface area contributed by atoms with Gasteiger partial charge in [-0.25, -0.2) is 14.8 Å². The van der Waals surface area contributed by atoms with E-state index in [0.717, 1.165) is 70.9 Å². The lowest BCUT2D eigenvalue weighted by molar-refractivity contribution is -0.137. The van der Waals surface area contributed by atoms with Crippen LogP contribution in [0.3, 0.4) is 0 Å². The molecule has 3 N–H and O–H groups in total. The number of benzene rings is 2. The van der Waals surface area contributed by atoms with Crippen molar-refractivity contribution in [2.45, 2.75) is 84.8 Å². The monoisotopic (exact) mass is 703 g/mol. The third kappa shape index (κ3) is 7.03. The van der Waals surface area contributed by atoms with Crippen molar-refractivity contribution in [3.8, 4) is 23.1 Å². The number of methoxy groups -OCH3 is 1. The third-order valence-electron chi connectivity index (χ3n) is 11.3. The molecule has 2 saturated heterocycles. The molecule has 3 fully saturated rings. The fourth-order valence-electron chi connectivity index (χ4n) is 7.61. The van der Waals surface area contributed by atoms with Crippen molar-refractivity contribution >= 4 is 28.9 Å². The molecule has 3 aliphatic rings. The SMILES string of the molecule is COC(=O)N[C@H](C(=O)N1CCC[C@H]1c1ncc(-c2ccc(C#Cc3ccc4nc([C@@H]5CC6(CC6)CN5C(=O)[C@@H](C)C(C)C)[nH]c4c3)cc2)[nH]1)C(C)C. The fraction of sp³-hybridized carbons (Fsp3) is 0.488. The lowest BCUT2D eigenvalue weighted by atomic mass is 9.96. The summed E-state index contributed by atoms with van der Waals surface area (Å²) in [6.45, 7) is 11.5. The van der Waals surface area contributed by atoms with Crippen molar-refractivity contribution < 1.29 is 19.1 Å². The number of imidazole rings is 2. The van der Waals surface area contributed by atoms with E-state index in [1.165, 1.54) is 20.0 Å². The van der Waals surface area contributed by atoms with E-state index in [1.807, 2.05) is 68.1 Å². The number of alkyl carbamates (subject to hydrolysis) is 1. The molecule has 2 aromatic carbocycles. The molecule has 4 heterocycles. The minimum Gasteiger partial charge on any atom is -0.453 e. The van der Waals surface area contributed by atoms with Crippen molar-refractivity contribution in [3.05, 3.63) is 71.4 Å². The van der Waals surface area contributed by atoms with Gasteiger partial charge in [-0.3, -0.25) is 9.59 Å². The van der Waals surface area contributed by atoms with Crippen LogP contribution in [0.1, 0.15) is 102 Å². The predicted molar refractivity (Wildman–Crippen MR) is 199 cm³/mol. The van der Waals surface area contributed by atoms with Gasteiger partial charge in [-0.15, -0.1) is 0 Å². The van der Waals surface area contributed by atoms with Crippen LogP contribution >= 0.6 is 0 Å². The van der Waals surface area contributed by atoms with Crippen LogP contribution in [-0.2, 0) is 14.3 Å². The molecule has 4 aromatic rings. The number of fused-ring (bicyclic) bond motifs is 1. The topological polar surface area (TPSA) is 136 Å². The van der Waals surface area contributed by atoms with Crippen LogP contribution in [0.4, 0.5) is 4.79 Å². The summed E-state index contributed by atoms with van der Waals surface area (Å²) in [6.07, 6.45) is 6.17. The number of aromatic nitrogens is 4. The Bertz CT molecular complexity index is 2030. The van der Waals surface area contributed by atoms with Gasteiger partial charge in [0.05, 0.1) is 42.1 Å². The van der Waals surface area contributed by atoms with Crippen molar-refractivity contribution in [3.63, 3.8) is 0 Å². The predicted octanol–water partition coefficient (Wildman–Crippen LogP) is 6.74. The summed E-state index contributed by atoms with van der Waals surface area (Å²) in [5.74, 6) is 8.47. The molecule has 1 saturated carbocycles. The Hall–Kier alpha value is -5.11. The number of carbonyl (C=O) groups excluding carboxylic acids is 3. The molecule has 11 heteroatoms. The first-order chi connectivity index (χ1) is 24.9. The third-order valence-corrected chi connectivity index (χ3v) is 11.3. The van der Waals surface area contributed by atoms with E-state index in [9.17, 15) is 14.4 Å². The minimum absolute atomic E-state index is 0.0179. The van der Waals surface area contributed by atoms with Gasteiger partial charge in [0.2, 0.25) is 11.8 Å². The van der Waals surface area contributed by atoms with Crippen LogP contribution in [0, 0.1) is 35.0 Å². The van der Waals surface area contributed by atoms with Crippen LogP contribution < -0.4 is 5.32 Å². The largest absolute Gasteiger partial charge is 0.453 e. The Morgan fingerprint density at radius 3 is 2.33 bits per heavy atom. The molecular weight excluding hydrogens is 654 g/mol. The Kier molecular flexibility index (Phi) is 9.59. The molecule has 52 heavy (non-hydrogen) atoms. The maximum atomic E-state index is 13.5. The summed E-state index contributed by atoms with van der Waals surface area (Å²) in [6, 6.07) is 13.1. The summed E-state index contributed by atoms with van der Waals surface area (Å²) >= 11 is 0. The zero-order valence-electron chi connectivity index (χ0n) is 31.0. The zero-order chi connectivity index (χ0) is 36.7. The Balaban J connectivity index is 1.03. The lowest BCUT2D eigenvalue weighted by Gasteiger charge is -2.30. The number of amides is 3. The second-order valence-corrected chi connectivity index (χ2v) is 15.6. The molecular formula is C41H49N7O4. The first-order valence-electron chi connectivity index (χ1n) is 18.6. The van der Waals surface area contributed by atoms with E-state index < -0.39 is 12.1 Å². The van der Waals surface area contributed by atoms with E-state index in [-0.39, 0.29) is 41.1 Å². The van der Waals surface area contributed by atoms with Gasteiger partial charge in [-0.2, -0.15) is 0 Å². The van der Waals surface area contributed by atoms with Gasteiger partial charge < -0.3 is 29.8 Å². The van der Waals surface area contributed by atoms with Gasteiger partial charge in [0.15, 0.2) is 0 Å². The number of aromatic amines is 2. The Morgan fingerprint density at radius 1 is 0.904 bits per heavy atom. The summed E-state index contributed by atoms with van der Waals surface area (Å²) in [5, 5.41) is 2.70. The molecule has 7 rings (SSSR count). The summed E-state index contributed by atoms with van der Waals surface area (Å²) in [5.41, 5.74) is 5.66. The number of carbonyl (C=O) groups is 3. The first kappa shape index (κ1) is 35.3. The summed E-state index contributed by atoms with van der Waals surface area (Å²) in [7, 11) is 1.29. The standard InChI is InChI=1S/C41H49N7O4/c1-24(2)26(5)38(49)48-23-41(17-18-41)21-34(48)37-43-30-16-13-28(20-31(30)44-37)10-9-27-11-14-29(15-12-27)32-22-42-36(45-32)33-8-7-19-47(33)39(50)35(25(3)4)46-40(51)52-6/h11-16,20,22,24-26,33-35H,7-8,17-19,21,23H2,1-6H3,(H,42,45)(H,43,44)(H,46,51)/t26-,33-,34-,35-/m0/s1. The number of nitrogens with zero attached hydrogens (tertiary/aromatic N) is 4. The van der Waals surface area contributed by atoms with Crippen LogP contribution in [0.5, 0.6) is 0 Å². The smallest absolute Gasteiger partial charge is 0.407 e. The molecule has 4 atom stereocenters. The number of ether oxygens (including phenoxy) is 1. The number of nitrogens with one attached hydrogen (secondary N) is 3. The van der Waals surface area contributed by atoms with Crippen LogP contribution in [0.2, 0.25) is 0 Å². The van der Waals surface area contributed by atoms with Crippen molar-refractivity contribution in [2.24, 2.45) is 23.2 Å². The van der Waals surface area contributed by atoms with Gasteiger partial charge in [0.25, 0.3) is 0 Å². The molecule has 3 amide bonds. The highest BCUT2D eigenvalue weighted by molar-refractivity contribution is 5.86. The average molecular weight is 704 g/mol. The normalized spacial score (nSPS) is 20.3. The Morgan fingerprint density at radius 2 is 1.63 bits per heavy atom. The van der Waals surface area contributed by atoms with E-state index in [0.29, 0.717) is 12.5 Å². The summed E-state index contributed by atoms with van der Waals surface area (Å²) in [4.78, 5) is 59.4. The van der Waals surface area contributed by atoms with Crippen molar-refractivity contribution in [2.75, 3.05) is 20.2 Å². The highest BCUT2D eigenvalue weighted by Gasteiger charge is 2.54. The van der Waals surface area contributed by atoms with Gasteiger partial charge in [-0.05, 0) is 85.3 Å². The number of rotatable bonds is 8. The maximum absolute atomic E-state index is 13.5. The molecule has 2 aliphatic heterocycles. The van der Waals surface area contributed by atoms with E-state index in [2.05, 4.69) is 50.9 Å². The molecule has 2 aromatic heterocycles. The zero-order valence-corrected chi connectivity index (χ0v) is 31.0. The highest BCUT2D eigenvalue weighted by Crippen LogP contribution is 2.58. The molecule has 272 valence electrons. The van der Waals surface area contributed by atoms with E-state index >= 15 is 0 Å². The number of hydrogen-bond donors (Lipinski definition) is 3. The van der Waals surface area contributed by atoms with Crippen molar-refractivity contribution in [1.29, 1.82) is 0 Å². The quantitative estimate of drug-likeness (QED) is 0.174. The van der Waals surface area contributed by atoms with Gasteiger partial charge in [0, 0.05) is 30.1 Å². The van der Waals surface area contributed by atoms with Crippen LogP contribution in [-0.4, -0.2) is 73.9 Å². The molecule has 0 radical (unpaired) electrons. The van der Waals surface area contributed by atoms with E-state index in [1.54, 1.807) is 6.20 Å². The minimum atomic E-state index is -0.678. The molecule has 0 unspecified atom stereocenters. The van der Waals surface area contributed by atoms with Gasteiger partial charge in [0.1, 0.15) is 17.7 Å². The molecule has 1 aliphatic carbocycles. The fourth-order valence-corrected chi connectivity index (χ4v) is 7.61. The number of H-pyrrole nitrogens is 2. The lowest BCUT2D eigenvalue weighted by Crippen LogP contribution is -2.51. The first-order valence-corrected chi connectivity index (χ1v) is 18.6. The second kappa shape index (κ2) is 14.1. The van der Waals surface area contributed by atoms with E-state index in [4.69, 9.17) is 9.72 Å². The molecule has 0 bridgehead atoms.